The maximum Gasteiger partial charge on any atom is 0.317 e. The fourth-order valence-corrected chi connectivity index (χ4v) is 2.51. The van der Waals surface area contributed by atoms with Crippen molar-refractivity contribution in [2.24, 2.45) is 5.73 Å². The van der Waals surface area contributed by atoms with Gasteiger partial charge in [-0.3, -0.25) is 9.78 Å². The van der Waals surface area contributed by atoms with Crippen molar-refractivity contribution < 1.29 is 14.3 Å². The van der Waals surface area contributed by atoms with Crippen molar-refractivity contribution in [2.45, 2.75) is 12.6 Å². The maximum atomic E-state index is 12.1. The second-order valence-corrected chi connectivity index (χ2v) is 6.11. The number of likely N-dealkylation sites (tertiary alicyclic amines) is 1. The molecule has 2 heterocycles. The number of hydrogen-bond donors (Lipinski definition) is 2. The number of urea groups is 1. The molecule has 0 unspecified atom stereocenters. The number of amides is 3. The van der Waals surface area contributed by atoms with Crippen molar-refractivity contribution in [3.8, 4) is 5.75 Å². The number of pyridine rings is 1. The lowest BCUT2D eigenvalue weighted by atomic mass is 10.2. The van der Waals surface area contributed by atoms with Crippen molar-refractivity contribution in [2.75, 3.05) is 13.1 Å². The molecule has 0 atom stereocenters. The number of primary amides is 1. The van der Waals surface area contributed by atoms with E-state index in [4.69, 9.17) is 22.1 Å². The maximum absolute atomic E-state index is 12.1. The number of nitrogens with one attached hydrogen (secondary N) is 1. The minimum Gasteiger partial charge on any atom is -0.487 e. The largest absolute Gasteiger partial charge is 0.487 e. The number of rotatable bonds is 5. The van der Waals surface area contributed by atoms with Gasteiger partial charge in [0.05, 0.1) is 13.1 Å². The number of benzene rings is 1. The number of carbonyl (C=O) groups is 2. The number of ether oxygens (including phenoxy) is 1. The Hall–Kier alpha value is -2.80. The van der Waals surface area contributed by atoms with Gasteiger partial charge in [-0.05, 0) is 23.8 Å². The smallest absolute Gasteiger partial charge is 0.317 e. The summed E-state index contributed by atoms with van der Waals surface area (Å²) in [7, 11) is 0. The Balaban J connectivity index is 1.44. The summed E-state index contributed by atoms with van der Waals surface area (Å²) in [5, 5.41) is 3.51. The first-order chi connectivity index (χ1) is 12.0. The molecule has 3 amide bonds. The van der Waals surface area contributed by atoms with E-state index < -0.39 is 5.91 Å². The summed E-state index contributed by atoms with van der Waals surface area (Å²) in [4.78, 5) is 28.7. The minimum absolute atomic E-state index is 0.121. The summed E-state index contributed by atoms with van der Waals surface area (Å²) in [6, 6.07) is 10.3. The molecule has 7 nitrogen and oxygen atoms in total. The predicted octanol–water partition coefficient (Wildman–Crippen LogP) is 1.81. The van der Waals surface area contributed by atoms with E-state index in [0.29, 0.717) is 30.4 Å². The molecule has 3 rings (SSSR count). The first-order valence-corrected chi connectivity index (χ1v) is 8.09. The van der Waals surface area contributed by atoms with Crippen LogP contribution in [0.15, 0.2) is 42.6 Å². The Morgan fingerprint density at radius 1 is 1.28 bits per heavy atom. The molecular weight excluding hydrogens is 344 g/mol. The molecule has 0 aliphatic carbocycles. The number of carbonyl (C=O) groups excluding carboxylic acids is 2. The van der Waals surface area contributed by atoms with Crippen LogP contribution in [0, 0.1) is 0 Å². The van der Waals surface area contributed by atoms with Crippen LogP contribution in [0.3, 0.4) is 0 Å². The van der Waals surface area contributed by atoms with Crippen LogP contribution in [0.2, 0.25) is 5.02 Å². The van der Waals surface area contributed by atoms with Crippen molar-refractivity contribution in [3.63, 3.8) is 0 Å². The molecule has 0 saturated carbocycles. The summed E-state index contributed by atoms with van der Waals surface area (Å²) in [6.45, 7) is 1.38. The third-order valence-electron chi connectivity index (χ3n) is 3.78. The third-order valence-corrected chi connectivity index (χ3v) is 4.03. The molecule has 1 aromatic heterocycles. The quantitative estimate of drug-likeness (QED) is 0.849. The SMILES string of the molecule is NC(=O)c1cc(OC2CN(C(=O)NCc3ccc(Cl)cc3)C2)ccn1. The van der Waals surface area contributed by atoms with E-state index in [9.17, 15) is 9.59 Å². The molecule has 0 radical (unpaired) electrons. The average molecular weight is 361 g/mol. The van der Waals surface area contributed by atoms with Crippen LogP contribution in [0.1, 0.15) is 16.1 Å². The standard InChI is InChI=1S/C17H17ClN4O3/c18-12-3-1-11(2-4-12)8-21-17(24)22-9-14(10-22)25-13-5-6-20-15(7-13)16(19)23/h1-7,14H,8-10H2,(H2,19,23)(H,21,24). The van der Waals surface area contributed by atoms with Gasteiger partial charge in [-0.25, -0.2) is 4.79 Å². The van der Waals surface area contributed by atoms with Gasteiger partial charge in [0.1, 0.15) is 17.5 Å². The Bertz CT molecular complexity index is 776. The van der Waals surface area contributed by atoms with E-state index in [1.165, 1.54) is 12.3 Å². The number of hydrogen-bond acceptors (Lipinski definition) is 4. The van der Waals surface area contributed by atoms with Gasteiger partial charge in [0.15, 0.2) is 0 Å². The van der Waals surface area contributed by atoms with E-state index in [1.54, 1.807) is 23.1 Å². The number of halogens is 1. The number of aromatic nitrogens is 1. The van der Waals surface area contributed by atoms with E-state index in [2.05, 4.69) is 10.3 Å². The van der Waals surface area contributed by atoms with Crippen LogP contribution in [-0.4, -0.2) is 41.0 Å². The average Bonchev–Trinajstić information content (AvgIpc) is 2.57. The minimum atomic E-state index is -0.609. The fourth-order valence-electron chi connectivity index (χ4n) is 2.38. The Morgan fingerprint density at radius 2 is 2.00 bits per heavy atom. The summed E-state index contributed by atoms with van der Waals surface area (Å²) in [5.74, 6) is -0.0997. The molecule has 1 aromatic carbocycles. The van der Waals surface area contributed by atoms with E-state index in [1.807, 2.05) is 12.1 Å². The Kier molecular flexibility index (Phi) is 5.04. The molecule has 1 aliphatic rings. The van der Waals surface area contributed by atoms with Gasteiger partial charge in [0.2, 0.25) is 0 Å². The van der Waals surface area contributed by atoms with Gasteiger partial charge in [-0.2, -0.15) is 0 Å². The van der Waals surface area contributed by atoms with Gasteiger partial charge in [0, 0.05) is 23.8 Å². The first kappa shape index (κ1) is 17.0. The molecule has 130 valence electrons. The van der Waals surface area contributed by atoms with Crippen LogP contribution in [0.25, 0.3) is 0 Å². The zero-order chi connectivity index (χ0) is 17.8. The predicted molar refractivity (Wildman–Crippen MR) is 92.4 cm³/mol. The topological polar surface area (TPSA) is 97.6 Å². The first-order valence-electron chi connectivity index (χ1n) is 7.71. The molecular formula is C17H17ClN4O3. The third kappa shape index (κ3) is 4.39. The Morgan fingerprint density at radius 3 is 2.68 bits per heavy atom. The lowest BCUT2D eigenvalue weighted by molar-refractivity contribution is 0.0442. The second-order valence-electron chi connectivity index (χ2n) is 5.67. The van der Waals surface area contributed by atoms with Crippen molar-refractivity contribution in [1.82, 2.24) is 15.2 Å². The zero-order valence-electron chi connectivity index (χ0n) is 13.3. The van der Waals surface area contributed by atoms with Gasteiger partial charge >= 0.3 is 6.03 Å². The molecule has 1 aliphatic heterocycles. The van der Waals surface area contributed by atoms with E-state index in [0.717, 1.165) is 5.56 Å². The van der Waals surface area contributed by atoms with Gasteiger partial charge in [-0.1, -0.05) is 23.7 Å². The normalized spacial score (nSPS) is 13.9. The highest BCUT2D eigenvalue weighted by Gasteiger charge is 2.32. The number of nitrogens with zero attached hydrogens (tertiary/aromatic N) is 2. The molecule has 3 N–H and O–H groups in total. The molecule has 1 saturated heterocycles. The Labute approximate surface area is 149 Å². The van der Waals surface area contributed by atoms with E-state index in [-0.39, 0.29) is 17.8 Å². The summed E-state index contributed by atoms with van der Waals surface area (Å²) in [5.41, 5.74) is 6.31. The van der Waals surface area contributed by atoms with Gasteiger partial charge in [0.25, 0.3) is 5.91 Å². The lowest BCUT2D eigenvalue weighted by Gasteiger charge is -2.38. The molecule has 25 heavy (non-hydrogen) atoms. The molecule has 0 bridgehead atoms. The van der Waals surface area contributed by atoms with E-state index >= 15 is 0 Å². The molecule has 8 heteroatoms. The second kappa shape index (κ2) is 7.40. The van der Waals surface area contributed by atoms with Crippen molar-refractivity contribution in [3.05, 3.63) is 58.9 Å². The van der Waals surface area contributed by atoms with Crippen LogP contribution >= 0.6 is 11.6 Å². The van der Waals surface area contributed by atoms with Crippen molar-refractivity contribution in [1.29, 1.82) is 0 Å². The highest BCUT2D eigenvalue weighted by atomic mass is 35.5. The monoisotopic (exact) mass is 360 g/mol. The summed E-state index contributed by atoms with van der Waals surface area (Å²) >= 11 is 5.83. The molecule has 1 fully saturated rings. The summed E-state index contributed by atoms with van der Waals surface area (Å²) < 4.78 is 5.71. The van der Waals surface area contributed by atoms with Crippen LogP contribution in [0.4, 0.5) is 4.79 Å². The zero-order valence-corrected chi connectivity index (χ0v) is 14.1. The lowest BCUT2D eigenvalue weighted by Crippen LogP contribution is -2.58. The van der Waals surface area contributed by atoms with Gasteiger partial charge < -0.3 is 20.7 Å². The summed E-state index contributed by atoms with van der Waals surface area (Å²) in [6.07, 6.45) is 1.34. The van der Waals surface area contributed by atoms with Gasteiger partial charge in [-0.15, -0.1) is 0 Å². The van der Waals surface area contributed by atoms with Crippen LogP contribution < -0.4 is 15.8 Å². The molecule has 0 spiro atoms. The highest BCUT2D eigenvalue weighted by molar-refractivity contribution is 6.30. The fraction of sp³-hybridized carbons (Fsp3) is 0.235. The highest BCUT2D eigenvalue weighted by Crippen LogP contribution is 2.18. The molecule has 2 aromatic rings. The van der Waals surface area contributed by atoms with Crippen molar-refractivity contribution >= 4 is 23.5 Å². The van der Waals surface area contributed by atoms with Crippen LogP contribution in [0.5, 0.6) is 5.75 Å². The number of nitrogens with two attached hydrogens (primary N) is 1. The van der Waals surface area contributed by atoms with Crippen LogP contribution in [-0.2, 0) is 6.54 Å².